The lowest BCUT2D eigenvalue weighted by molar-refractivity contribution is 0.00534. The fourth-order valence-electron chi connectivity index (χ4n) is 2.19. The molecule has 6 nitrogen and oxygen atoms in total. The predicted molar refractivity (Wildman–Crippen MR) is 65.2 cm³/mol. The number of nitrogens with zero attached hydrogens (tertiary/aromatic N) is 4. The van der Waals surface area contributed by atoms with Gasteiger partial charge in [0.05, 0.1) is 12.6 Å². The highest BCUT2D eigenvalue weighted by Crippen LogP contribution is 2.13. The molecule has 0 aliphatic carbocycles. The molecular formula is C12H14N4O2. The lowest BCUT2D eigenvalue weighted by Gasteiger charge is -2.22. The highest BCUT2D eigenvalue weighted by Gasteiger charge is 2.16. The Morgan fingerprint density at radius 2 is 2.17 bits per heavy atom. The van der Waals surface area contributed by atoms with Gasteiger partial charge in [0.2, 0.25) is 0 Å². The van der Waals surface area contributed by atoms with Crippen LogP contribution in [-0.2, 0) is 11.3 Å². The van der Waals surface area contributed by atoms with Crippen LogP contribution in [0.1, 0.15) is 19.3 Å². The Balaban J connectivity index is 1.92. The van der Waals surface area contributed by atoms with Crippen molar-refractivity contribution in [3.05, 3.63) is 29.1 Å². The zero-order valence-electron chi connectivity index (χ0n) is 9.95. The molecule has 1 unspecified atom stereocenters. The average Bonchev–Trinajstić information content (AvgIpc) is 2.43. The van der Waals surface area contributed by atoms with Crippen molar-refractivity contribution in [2.45, 2.75) is 31.9 Å². The minimum atomic E-state index is -0.151. The fraction of sp³-hybridized carbons (Fsp3) is 0.500. The Kier molecular flexibility index (Phi) is 3.02. The van der Waals surface area contributed by atoms with Crippen LogP contribution < -0.4 is 5.56 Å². The zero-order chi connectivity index (χ0) is 12.4. The van der Waals surface area contributed by atoms with E-state index < -0.39 is 0 Å². The molecule has 1 saturated heterocycles. The maximum Gasteiger partial charge on any atom is 0.281 e. The molecule has 0 bridgehead atoms. The normalized spacial score (nSPS) is 20.1. The fourth-order valence-corrected chi connectivity index (χ4v) is 2.19. The van der Waals surface area contributed by atoms with Gasteiger partial charge in [0.15, 0.2) is 11.2 Å². The summed E-state index contributed by atoms with van der Waals surface area (Å²) in [6, 6.07) is 0. The summed E-state index contributed by atoms with van der Waals surface area (Å²) in [5, 5.41) is 0. The summed E-state index contributed by atoms with van der Waals surface area (Å²) in [6.07, 6.45) is 7.92. The van der Waals surface area contributed by atoms with Gasteiger partial charge in [0, 0.05) is 19.0 Å². The molecule has 1 aliphatic rings. The summed E-state index contributed by atoms with van der Waals surface area (Å²) in [6.45, 7) is 1.32. The van der Waals surface area contributed by atoms with Gasteiger partial charge in [-0.25, -0.2) is 15.0 Å². The standard InChI is InChI=1S/C12H14N4O2/c17-12-10-11(14-5-4-13-10)15-8-16(12)7-9-3-1-2-6-18-9/h4-5,8-9H,1-3,6-7H2. The van der Waals surface area contributed by atoms with Gasteiger partial charge in [-0.15, -0.1) is 0 Å². The second kappa shape index (κ2) is 4.81. The van der Waals surface area contributed by atoms with Crippen molar-refractivity contribution >= 4 is 11.2 Å². The van der Waals surface area contributed by atoms with Crippen LogP contribution in [0.5, 0.6) is 0 Å². The predicted octanol–water partition coefficient (Wildman–Crippen LogP) is 0.756. The first-order valence-corrected chi connectivity index (χ1v) is 6.12. The second-order valence-electron chi connectivity index (χ2n) is 4.42. The number of fused-ring (bicyclic) bond motifs is 1. The summed E-state index contributed by atoms with van der Waals surface area (Å²) >= 11 is 0. The van der Waals surface area contributed by atoms with Crippen LogP contribution in [0.2, 0.25) is 0 Å². The summed E-state index contributed by atoms with van der Waals surface area (Å²) in [5.74, 6) is 0. The topological polar surface area (TPSA) is 69.9 Å². The quantitative estimate of drug-likeness (QED) is 0.782. The molecule has 3 rings (SSSR count). The van der Waals surface area contributed by atoms with E-state index in [-0.39, 0.29) is 11.7 Å². The third-order valence-electron chi connectivity index (χ3n) is 3.14. The summed E-state index contributed by atoms with van der Waals surface area (Å²) in [7, 11) is 0. The Hall–Kier alpha value is -1.82. The van der Waals surface area contributed by atoms with Crippen molar-refractivity contribution in [2.75, 3.05) is 6.61 Å². The number of ether oxygens (including phenoxy) is 1. The molecule has 94 valence electrons. The van der Waals surface area contributed by atoms with Crippen molar-refractivity contribution in [1.82, 2.24) is 19.5 Å². The SMILES string of the molecule is O=c1c2nccnc2ncn1CC1CCCCO1. The van der Waals surface area contributed by atoms with E-state index in [4.69, 9.17) is 4.74 Å². The number of hydrogen-bond acceptors (Lipinski definition) is 5. The van der Waals surface area contributed by atoms with E-state index in [1.807, 2.05) is 0 Å². The molecule has 1 fully saturated rings. The molecule has 2 aromatic rings. The van der Waals surface area contributed by atoms with Crippen LogP contribution in [0.3, 0.4) is 0 Å². The molecule has 3 heterocycles. The van der Waals surface area contributed by atoms with Crippen molar-refractivity contribution < 1.29 is 4.74 Å². The first kappa shape index (κ1) is 11.3. The van der Waals surface area contributed by atoms with Crippen LogP contribution in [-0.4, -0.2) is 32.2 Å². The molecule has 0 spiro atoms. The van der Waals surface area contributed by atoms with Gasteiger partial charge in [-0.05, 0) is 19.3 Å². The van der Waals surface area contributed by atoms with Crippen LogP contribution in [0.15, 0.2) is 23.5 Å². The molecule has 1 aliphatic heterocycles. The molecule has 6 heteroatoms. The van der Waals surface area contributed by atoms with Crippen molar-refractivity contribution in [1.29, 1.82) is 0 Å². The summed E-state index contributed by atoms with van der Waals surface area (Å²) in [4.78, 5) is 24.4. The maximum absolute atomic E-state index is 12.2. The van der Waals surface area contributed by atoms with Gasteiger partial charge in [-0.3, -0.25) is 9.36 Å². The van der Waals surface area contributed by atoms with E-state index in [0.717, 1.165) is 25.9 Å². The van der Waals surface area contributed by atoms with Crippen molar-refractivity contribution in [2.24, 2.45) is 0 Å². The smallest absolute Gasteiger partial charge is 0.281 e. The maximum atomic E-state index is 12.2. The van der Waals surface area contributed by atoms with Gasteiger partial charge in [-0.1, -0.05) is 0 Å². The van der Waals surface area contributed by atoms with E-state index in [1.165, 1.54) is 18.7 Å². The van der Waals surface area contributed by atoms with Gasteiger partial charge >= 0.3 is 0 Å². The molecular weight excluding hydrogens is 232 g/mol. The number of aromatic nitrogens is 4. The third kappa shape index (κ3) is 2.11. The molecule has 0 N–H and O–H groups in total. The van der Waals surface area contributed by atoms with Crippen LogP contribution in [0, 0.1) is 0 Å². The third-order valence-corrected chi connectivity index (χ3v) is 3.14. The summed E-state index contributed by atoms with van der Waals surface area (Å²) in [5.41, 5.74) is 0.557. The highest BCUT2D eigenvalue weighted by molar-refractivity contribution is 5.66. The van der Waals surface area contributed by atoms with Crippen LogP contribution in [0.25, 0.3) is 11.2 Å². The van der Waals surface area contributed by atoms with Crippen LogP contribution >= 0.6 is 0 Å². The summed E-state index contributed by atoms with van der Waals surface area (Å²) < 4.78 is 7.19. The van der Waals surface area contributed by atoms with E-state index in [0.29, 0.717) is 17.7 Å². The Morgan fingerprint density at radius 1 is 1.28 bits per heavy atom. The van der Waals surface area contributed by atoms with E-state index in [1.54, 1.807) is 4.57 Å². The van der Waals surface area contributed by atoms with Gasteiger partial charge in [-0.2, -0.15) is 0 Å². The van der Waals surface area contributed by atoms with Gasteiger partial charge in [0.25, 0.3) is 5.56 Å². The molecule has 1 atom stereocenters. The molecule has 0 aromatic carbocycles. The molecule has 2 aromatic heterocycles. The zero-order valence-corrected chi connectivity index (χ0v) is 9.95. The van der Waals surface area contributed by atoms with Crippen LogP contribution in [0.4, 0.5) is 0 Å². The minimum absolute atomic E-state index is 0.104. The van der Waals surface area contributed by atoms with Crippen molar-refractivity contribution in [3.63, 3.8) is 0 Å². The molecule has 0 saturated carbocycles. The van der Waals surface area contributed by atoms with Crippen molar-refractivity contribution in [3.8, 4) is 0 Å². The van der Waals surface area contributed by atoms with E-state index in [2.05, 4.69) is 15.0 Å². The minimum Gasteiger partial charge on any atom is -0.376 e. The second-order valence-corrected chi connectivity index (χ2v) is 4.42. The lowest BCUT2D eigenvalue weighted by atomic mass is 10.1. The number of rotatable bonds is 2. The molecule has 0 amide bonds. The van der Waals surface area contributed by atoms with Gasteiger partial charge < -0.3 is 4.74 Å². The van der Waals surface area contributed by atoms with E-state index in [9.17, 15) is 4.79 Å². The molecule has 18 heavy (non-hydrogen) atoms. The Morgan fingerprint density at radius 3 is 3.00 bits per heavy atom. The first-order valence-electron chi connectivity index (χ1n) is 6.12. The average molecular weight is 246 g/mol. The largest absolute Gasteiger partial charge is 0.376 e. The van der Waals surface area contributed by atoms with E-state index >= 15 is 0 Å². The highest BCUT2D eigenvalue weighted by atomic mass is 16.5. The monoisotopic (exact) mass is 246 g/mol. The van der Waals surface area contributed by atoms with Gasteiger partial charge in [0.1, 0.15) is 6.33 Å². The molecule has 0 radical (unpaired) electrons. The lowest BCUT2D eigenvalue weighted by Crippen LogP contribution is -2.31. The first-order chi connectivity index (χ1) is 8.84. The Labute approximate surface area is 104 Å². The number of hydrogen-bond donors (Lipinski definition) is 0. The Bertz CT molecular complexity index is 604.